The van der Waals surface area contributed by atoms with E-state index in [2.05, 4.69) is 21.9 Å². The number of thioether (sulfide) groups is 1. The van der Waals surface area contributed by atoms with E-state index >= 15 is 0 Å². The first-order valence-electron chi connectivity index (χ1n) is 6.43. The molecule has 1 aromatic carbocycles. The summed E-state index contributed by atoms with van der Waals surface area (Å²) in [6.45, 7) is 2.74. The maximum Gasteiger partial charge on any atom is 0.241 e. The summed E-state index contributed by atoms with van der Waals surface area (Å²) in [6, 6.07) is 5.70. The normalized spacial score (nSPS) is 18.0. The van der Waals surface area contributed by atoms with Crippen LogP contribution in [0.4, 0.5) is 0 Å². The lowest BCUT2D eigenvalue weighted by atomic mass is 10.1. The first-order valence-corrected chi connectivity index (χ1v) is 8.51. The Balaban J connectivity index is 2.19. The number of rotatable bonds is 5. The Kier molecular flexibility index (Phi) is 5.68. The molecule has 1 aliphatic rings. The van der Waals surface area contributed by atoms with Crippen molar-refractivity contribution in [3.05, 3.63) is 28.2 Å². The fourth-order valence-corrected chi connectivity index (χ4v) is 4.14. The van der Waals surface area contributed by atoms with Crippen molar-refractivity contribution in [2.45, 2.75) is 18.6 Å². The molecule has 6 heteroatoms. The van der Waals surface area contributed by atoms with Crippen LogP contribution in [0.15, 0.2) is 22.7 Å². The van der Waals surface area contributed by atoms with Crippen molar-refractivity contribution < 1.29 is 9.53 Å². The second-order valence-electron chi connectivity index (χ2n) is 4.40. The largest absolute Gasteiger partial charge is 0.481 e. The molecule has 2 rings (SSSR count). The molecule has 1 aromatic rings. The van der Waals surface area contributed by atoms with E-state index in [1.54, 1.807) is 4.90 Å². The molecule has 0 bridgehead atoms. The van der Waals surface area contributed by atoms with Crippen LogP contribution in [0.1, 0.15) is 12.5 Å². The molecule has 1 amide bonds. The summed E-state index contributed by atoms with van der Waals surface area (Å²) in [5.74, 6) is 3.23. The zero-order chi connectivity index (χ0) is 15.4. The molecule has 0 aromatic heterocycles. The van der Waals surface area contributed by atoms with Crippen LogP contribution in [0.3, 0.4) is 0 Å². The third-order valence-electron chi connectivity index (χ3n) is 3.06. The molecule has 0 N–H and O–H groups in total. The number of benzene rings is 1. The van der Waals surface area contributed by atoms with E-state index in [0.717, 1.165) is 10.0 Å². The third kappa shape index (κ3) is 3.79. The van der Waals surface area contributed by atoms with E-state index in [0.29, 0.717) is 23.0 Å². The van der Waals surface area contributed by atoms with Crippen LogP contribution in [0, 0.1) is 12.3 Å². The SMILES string of the molecule is C#CCOc1ccc(Br)cc1C[C@@H]1SC(=S)N(CC)C1=O. The van der Waals surface area contributed by atoms with Gasteiger partial charge in [0.2, 0.25) is 5.91 Å². The van der Waals surface area contributed by atoms with E-state index in [-0.39, 0.29) is 17.8 Å². The molecule has 0 saturated carbocycles. The van der Waals surface area contributed by atoms with Gasteiger partial charge in [-0.1, -0.05) is 45.8 Å². The van der Waals surface area contributed by atoms with Gasteiger partial charge in [-0.3, -0.25) is 9.69 Å². The van der Waals surface area contributed by atoms with Crippen LogP contribution < -0.4 is 4.74 Å². The Hall–Kier alpha value is -1.03. The molecule has 0 unspecified atom stereocenters. The van der Waals surface area contributed by atoms with Crippen LogP contribution >= 0.6 is 39.9 Å². The van der Waals surface area contributed by atoms with Gasteiger partial charge in [0.05, 0.1) is 5.25 Å². The van der Waals surface area contributed by atoms with Crippen molar-refractivity contribution in [1.82, 2.24) is 4.90 Å². The van der Waals surface area contributed by atoms with Crippen molar-refractivity contribution in [3.63, 3.8) is 0 Å². The molecule has 21 heavy (non-hydrogen) atoms. The Morgan fingerprint density at radius 2 is 2.33 bits per heavy atom. The highest BCUT2D eigenvalue weighted by molar-refractivity contribution is 9.10. The van der Waals surface area contributed by atoms with Gasteiger partial charge in [-0.25, -0.2) is 0 Å². The minimum Gasteiger partial charge on any atom is -0.481 e. The minimum absolute atomic E-state index is 0.0652. The molecule has 3 nitrogen and oxygen atoms in total. The quantitative estimate of drug-likeness (QED) is 0.576. The van der Waals surface area contributed by atoms with E-state index < -0.39 is 0 Å². The van der Waals surface area contributed by atoms with Gasteiger partial charge in [0.15, 0.2) is 0 Å². The van der Waals surface area contributed by atoms with Gasteiger partial charge in [0.25, 0.3) is 0 Å². The predicted molar refractivity (Wildman–Crippen MR) is 93.5 cm³/mol. The Morgan fingerprint density at radius 1 is 1.57 bits per heavy atom. The average molecular weight is 384 g/mol. The number of amides is 1. The molecular formula is C15H14BrNO2S2. The Morgan fingerprint density at radius 3 is 2.95 bits per heavy atom. The van der Waals surface area contributed by atoms with Gasteiger partial charge in [0.1, 0.15) is 16.7 Å². The minimum atomic E-state index is -0.195. The first kappa shape index (κ1) is 16.3. The molecule has 0 aliphatic carbocycles. The zero-order valence-corrected chi connectivity index (χ0v) is 14.7. The predicted octanol–water partition coefficient (Wildman–Crippen LogP) is 3.25. The lowest BCUT2D eigenvalue weighted by molar-refractivity contribution is -0.125. The first-order chi connectivity index (χ1) is 10.1. The van der Waals surface area contributed by atoms with Gasteiger partial charge in [-0.15, -0.1) is 6.42 Å². The molecule has 110 valence electrons. The number of terminal acetylenes is 1. The van der Waals surface area contributed by atoms with Gasteiger partial charge in [0, 0.05) is 11.0 Å². The molecule has 0 spiro atoms. The van der Waals surface area contributed by atoms with Crippen molar-refractivity contribution in [2.75, 3.05) is 13.2 Å². The standard InChI is InChI=1S/C15H14BrNO2S2/c1-3-7-19-12-6-5-11(16)8-10(12)9-13-14(18)17(4-2)15(20)21-13/h1,5-6,8,13H,4,7,9H2,2H3/t13-/m0/s1. The van der Waals surface area contributed by atoms with Gasteiger partial charge >= 0.3 is 0 Å². The topological polar surface area (TPSA) is 29.5 Å². The molecular weight excluding hydrogens is 370 g/mol. The highest BCUT2D eigenvalue weighted by atomic mass is 79.9. The van der Waals surface area contributed by atoms with E-state index in [1.165, 1.54) is 11.8 Å². The van der Waals surface area contributed by atoms with Crippen LogP contribution in [0.25, 0.3) is 0 Å². The number of nitrogens with zero attached hydrogens (tertiary/aromatic N) is 1. The van der Waals surface area contributed by atoms with Gasteiger partial charge in [-0.05, 0) is 37.1 Å². The maximum atomic E-state index is 12.3. The molecule has 1 aliphatic heterocycles. The second kappa shape index (κ2) is 7.30. The summed E-state index contributed by atoms with van der Waals surface area (Å²) in [4.78, 5) is 13.9. The number of carbonyl (C=O) groups is 1. The monoisotopic (exact) mass is 383 g/mol. The summed E-state index contributed by atoms with van der Waals surface area (Å²) in [7, 11) is 0. The van der Waals surface area contributed by atoms with Gasteiger partial charge < -0.3 is 4.74 Å². The Bertz CT molecular complexity index is 612. The van der Waals surface area contributed by atoms with Crippen LogP contribution in [0.2, 0.25) is 0 Å². The van der Waals surface area contributed by atoms with Crippen molar-refractivity contribution in [3.8, 4) is 18.1 Å². The smallest absolute Gasteiger partial charge is 0.241 e. The summed E-state index contributed by atoms with van der Waals surface area (Å²) < 4.78 is 7.13. The van der Waals surface area contributed by atoms with Gasteiger partial charge in [-0.2, -0.15) is 0 Å². The Labute approximate surface area is 142 Å². The third-order valence-corrected chi connectivity index (χ3v) is 5.14. The van der Waals surface area contributed by atoms with E-state index in [9.17, 15) is 4.79 Å². The lowest BCUT2D eigenvalue weighted by Crippen LogP contribution is -2.31. The van der Waals surface area contributed by atoms with E-state index in [4.69, 9.17) is 23.4 Å². The van der Waals surface area contributed by atoms with Crippen LogP contribution in [0.5, 0.6) is 5.75 Å². The molecule has 1 saturated heterocycles. The summed E-state index contributed by atoms with van der Waals surface area (Å²) in [5.41, 5.74) is 0.950. The van der Waals surface area contributed by atoms with Crippen molar-refractivity contribution in [2.24, 2.45) is 0 Å². The summed E-state index contributed by atoms with van der Waals surface area (Å²) in [5, 5.41) is -0.195. The highest BCUT2D eigenvalue weighted by Gasteiger charge is 2.36. The number of halogens is 1. The highest BCUT2D eigenvalue weighted by Crippen LogP contribution is 2.33. The van der Waals surface area contributed by atoms with Crippen molar-refractivity contribution >= 4 is 50.1 Å². The lowest BCUT2D eigenvalue weighted by Gasteiger charge is -2.14. The van der Waals surface area contributed by atoms with Crippen molar-refractivity contribution in [1.29, 1.82) is 0 Å². The van der Waals surface area contributed by atoms with Crippen LogP contribution in [-0.4, -0.2) is 33.5 Å². The molecule has 1 fully saturated rings. The fraction of sp³-hybridized carbons (Fsp3) is 0.333. The summed E-state index contributed by atoms with van der Waals surface area (Å²) in [6.07, 6.45) is 5.80. The zero-order valence-electron chi connectivity index (χ0n) is 11.5. The second-order valence-corrected chi connectivity index (χ2v) is 7.16. The van der Waals surface area contributed by atoms with E-state index in [1.807, 2.05) is 25.1 Å². The fourth-order valence-electron chi connectivity index (χ4n) is 2.08. The number of hydrogen-bond acceptors (Lipinski definition) is 4. The molecule has 0 radical (unpaired) electrons. The molecule has 1 atom stereocenters. The molecule has 1 heterocycles. The number of thiocarbonyl (C=S) groups is 1. The maximum absolute atomic E-state index is 12.3. The average Bonchev–Trinajstić information content (AvgIpc) is 2.72. The number of ether oxygens (including phenoxy) is 1. The number of carbonyl (C=O) groups excluding carboxylic acids is 1. The van der Waals surface area contributed by atoms with Crippen LogP contribution in [-0.2, 0) is 11.2 Å². The number of hydrogen-bond donors (Lipinski definition) is 0. The summed E-state index contributed by atoms with van der Waals surface area (Å²) >= 11 is 10.1.